The summed E-state index contributed by atoms with van der Waals surface area (Å²) in [6.07, 6.45) is 0. The quantitative estimate of drug-likeness (QED) is 0.579. The molecule has 0 aliphatic heterocycles. The molecule has 0 saturated carbocycles. The lowest BCUT2D eigenvalue weighted by atomic mass is 10.3. The number of hydrogen-bond donors (Lipinski definition) is 0. The molecule has 2 rings (SSSR count). The van der Waals surface area contributed by atoms with Crippen molar-refractivity contribution in [2.24, 2.45) is 0 Å². The van der Waals surface area contributed by atoms with Crippen LogP contribution in [-0.2, 0) is 0 Å². The third kappa shape index (κ3) is 1.75. The van der Waals surface area contributed by atoms with Gasteiger partial charge in [-0.15, -0.1) is 0 Å². The molecule has 0 aliphatic carbocycles. The van der Waals surface area contributed by atoms with E-state index in [0.29, 0.717) is 0 Å². The highest BCUT2D eigenvalue weighted by Gasteiger charge is 2.21. The van der Waals surface area contributed by atoms with Crippen LogP contribution in [-0.4, -0.2) is 8.07 Å². The summed E-state index contributed by atoms with van der Waals surface area (Å²) in [4.78, 5) is 0. The summed E-state index contributed by atoms with van der Waals surface area (Å²) in [7, 11) is -1.31. The predicted molar refractivity (Wildman–Crippen MR) is 71.9 cm³/mol. The van der Waals surface area contributed by atoms with Crippen molar-refractivity contribution < 1.29 is 4.42 Å². The van der Waals surface area contributed by atoms with Crippen molar-refractivity contribution in [3.63, 3.8) is 0 Å². The number of benzene rings is 1. The lowest BCUT2D eigenvalue weighted by Crippen LogP contribution is -2.36. The van der Waals surface area contributed by atoms with Crippen LogP contribution < -0.4 is 5.38 Å². The Kier molecular flexibility index (Phi) is 2.47. The average molecular weight is 316 g/mol. The van der Waals surface area contributed by atoms with Gasteiger partial charge in [0.15, 0.2) is 0 Å². The number of hydrogen-bond acceptors (Lipinski definition) is 1. The molecule has 0 saturated heterocycles. The summed E-state index contributed by atoms with van der Waals surface area (Å²) in [5.74, 6) is 0. The van der Waals surface area contributed by atoms with E-state index in [1.54, 1.807) is 0 Å². The summed E-state index contributed by atoms with van der Waals surface area (Å²) < 4.78 is 7.12. The Morgan fingerprint density at radius 1 is 1.21 bits per heavy atom. The number of para-hydroxylation sites is 1. The fraction of sp³-hybridized carbons (Fsp3) is 0.273. The Labute approximate surface area is 98.6 Å². The summed E-state index contributed by atoms with van der Waals surface area (Å²) in [5.41, 5.74) is 1.05. The number of halogens is 1. The molecule has 0 amide bonds. The van der Waals surface area contributed by atoms with Gasteiger partial charge >= 0.3 is 0 Å². The number of rotatable bonds is 1. The minimum Gasteiger partial charge on any atom is -0.465 e. The highest BCUT2D eigenvalue weighted by molar-refractivity contribution is 14.1. The Hall–Kier alpha value is -0.293. The van der Waals surface area contributed by atoms with E-state index in [2.05, 4.69) is 66.5 Å². The maximum atomic E-state index is 5.92. The van der Waals surface area contributed by atoms with E-state index >= 15 is 0 Å². The molecule has 1 nitrogen and oxygen atoms in total. The van der Waals surface area contributed by atoms with E-state index in [-0.39, 0.29) is 0 Å². The van der Waals surface area contributed by atoms with E-state index < -0.39 is 8.07 Å². The molecule has 0 N–H and O–H groups in total. The molecule has 1 heterocycles. The molecular formula is C11H13IOSi. The Bertz CT molecular complexity index is 468. The van der Waals surface area contributed by atoms with E-state index in [0.717, 1.165) is 5.58 Å². The summed E-state index contributed by atoms with van der Waals surface area (Å²) >= 11 is 2.32. The van der Waals surface area contributed by atoms with Crippen LogP contribution in [0.5, 0.6) is 0 Å². The van der Waals surface area contributed by atoms with Gasteiger partial charge in [-0.05, 0) is 34.7 Å². The van der Waals surface area contributed by atoms with Crippen molar-refractivity contribution >= 4 is 47.0 Å². The van der Waals surface area contributed by atoms with Crippen LogP contribution in [0.2, 0.25) is 19.6 Å². The molecule has 0 aliphatic rings. The molecule has 1 aromatic heterocycles. The zero-order valence-corrected chi connectivity index (χ0v) is 11.8. The molecule has 0 bridgehead atoms. The molecule has 0 atom stereocenters. The van der Waals surface area contributed by atoms with Crippen LogP contribution in [0.1, 0.15) is 0 Å². The number of furan rings is 1. The van der Waals surface area contributed by atoms with Gasteiger partial charge in [0.2, 0.25) is 0 Å². The van der Waals surface area contributed by atoms with Crippen molar-refractivity contribution in [2.45, 2.75) is 19.6 Å². The largest absolute Gasteiger partial charge is 0.465 e. The normalized spacial score (nSPS) is 12.3. The van der Waals surface area contributed by atoms with Crippen LogP contribution in [0.25, 0.3) is 11.0 Å². The van der Waals surface area contributed by atoms with Gasteiger partial charge in [-0.25, -0.2) is 0 Å². The van der Waals surface area contributed by atoms with Gasteiger partial charge in [0, 0.05) is 5.39 Å². The maximum absolute atomic E-state index is 5.92. The fourth-order valence-corrected chi connectivity index (χ4v) is 3.02. The van der Waals surface area contributed by atoms with Crippen molar-refractivity contribution in [1.29, 1.82) is 0 Å². The topological polar surface area (TPSA) is 13.1 Å². The van der Waals surface area contributed by atoms with E-state index in [1.807, 2.05) is 0 Å². The van der Waals surface area contributed by atoms with Crippen LogP contribution in [0, 0.1) is 3.57 Å². The van der Waals surface area contributed by atoms with Gasteiger partial charge in [0.1, 0.15) is 13.7 Å². The van der Waals surface area contributed by atoms with Crippen LogP contribution in [0.4, 0.5) is 0 Å². The SMILES string of the molecule is C[Si](C)(C)c1cc2cccc(I)c2o1. The molecule has 14 heavy (non-hydrogen) atoms. The smallest absolute Gasteiger partial charge is 0.146 e. The first kappa shape index (κ1) is 10.2. The highest BCUT2D eigenvalue weighted by Crippen LogP contribution is 2.21. The molecule has 1 aromatic carbocycles. The third-order valence-corrected chi connectivity index (χ3v) is 4.81. The lowest BCUT2D eigenvalue weighted by molar-refractivity contribution is 0.646. The summed E-state index contributed by atoms with van der Waals surface area (Å²) in [6.45, 7) is 6.91. The predicted octanol–water partition coefficient (Wildman–Crippen LogP) is 3.58. The highest BCUT2D eigenvalue weighted by atomic mass is 127. The van der Waals surface area contributed by atoms with Gasteiger partial charge in [0.25, 0.3) is 0 Å². The molecule has 2 aromatic rings. The van der Waals surface area contributed by atoms with Crippen molar-refractivity contribution in [3.8, 4) is 0 Å². The van der Waals surface area contributed by atoms with E-state index in [1.165, 1.54) is 14.3 Å². The lowest BCUT2D eigenvalue weighted by Gasteiger charge is -2.10. The van der Waals surface area contributed by atoms with Gasteiger partial charge in [-0.2, -0.15) is 0 Å². The minimum absolute atomic E-state index is 1.05. The Morgan fingerprint density at radius 2 is 1.93 bits per heavy atom. The van der Waals surface area contributed by atoms with E-state index in [9.17, 15) is 0 Å². The van der Waals surface area contributed by atoms with Crippen LogP contribution in [0.15, 0.2) is 28.7 Å². The molecule has 0 spiro atoms. The minimum atomic E-state index is -1.31. The van der Waals surface area contributed by atoms with Crippen molar-refractivity contribution in [3.05, 3.63) is 27.8 Å². The number of fused-ring (bicyclic) bond motifs is 1. The van der Waals surface area contributed by atoms with Crippen molar-refractivity contribution in [2.75, 3.05) is 0 Å². The summed E-state index contributed by atoms with van der Waals surface area (Å²) in [6, 6.07) is 8.47. The van der Waals surface area contributed by atoms with Crippen LogP contribution in [0.3, 0.4) is 0 Å². The molecule has 0 fully saturated rings. The first-order valence-electron chi connectivity index (χ1n) is 4.67. The first-order chi connectivity index (χ1) is 6.48. The van der Waals surface area contributed by atoms with Gasteiger partial charge in [0.05, 0.1) is 8.95 Å². The second-order valence-corrected chi connectivity index (χ2v) is 10.7. The molecular weight excluding hydrogens is 303 g/mol. The van der Waals surface area contributed by atoms with Gasteiger partial charge in [-0.1, -0.05) is 31.8 Å². The molecule has 0 unspecified atom stereocenters. The Morgan fingerprint density at radius 3 is 2.50 bits per heavy atom. The molecule has 3 heteroatoms. The monoisotopic (exact) mass is 316 g/mol. The van der Waals surface area contributed by atoms with Gasteiger partial charge in [-0.3, -0.25) is 0 Å². The van der Waals surface area contributed by atoms with Crippen LogP contribution >= 0.6 is 22.6 Å². The fourth-order valence-electron chi connectivity index (χ4n) is 1.40. The zero-order chi connectivity index (χ0) is 10.3. The average Bonchev–Trinajstić information content (AvgIpc) is 2.48. The maximum Gasteiger partial charge on any atom is 0.146 e. The Balaban J connectivity index is 2.69. The molecule has 74 valence electrons. The first-order valence-corrected chi connectivity index (χ1v) is 9.25. The molecule has 0 radical (unpaired) electrons. The standard InChI is InChI=1S/C11H13IOSi/c1-14(2,3)10-7-8-5-4-6-9(12)11(8)13-10/h4-7H,1-3H3. The van der Waals surface area contributed by atoms with Crippen molar-refractivity contribution in [1.82, 2.24) is 0 Å². The van der Waals surface area contributed by atoms with Gasteiger partial charge < -0.3 is 4.42 Å². The van der Waals surface area contributed by atoms with E-state index in [4.69, 9.17) is 4.42 Å². The zero-order valence-electron chi connectivity index (χ0n) is 8.60. The second-order valence-electron chi connectivity index (χ2n) is 4.52. The summed E-state index contributed by atoms with van der Waals surface area (Å²) in [5, 5.41) is 2.42. The third-order valence-electron chi connectivity index (χ3n) is 2.24. The second kappa shape index (κ2) is 3.38.